The molecule has 0 aliphatic rings. The van der Waals surface area contributed by atoms with Gasteiger partial charge in [0.1, 0.15) is 23.7 Å². The number of anilines is 1. The van der Waals surface area contributed by atoms with Crippen molar-refractivity contribution >= 4 is 39.9 Å². The molecule has 4 aromatic rings. The molecule has 0 fully saturated rings. The van der Waals surface area contributed by atoms with Gasteiger partial charge < -0.3 is 14.4 Å². The van der Waals surface area contributed by atoms with Gasteiger partial charge in [-0.05, 0) is 19.1 Å². The Morgan fingerprint density at radius 3 is 2.45 bits per heavy atom. The summed E-state index contributed by atoms with van der Waals surface area (Å²) >= 11 is 12.6. The van der Waals surface area contributed by atoms with E-state index in [1.807, 2.05) is 27.1 Å². The molecule has 0 bridgehead atoms. The minimum Gasteiger partial charge on any atom is -0.493 e. The molecule has 1 aromatic carbocycles. The van der Waals surface area contributed by atoms with Crippen LogP contribution in [0.2, 0.25) is 10.0 Å². The summed E-state index contributed by atoms with van der Waals surface area (Å²) in [6, 6.07) is 7.59. The maximum atomic E-state index is 9.56. The molecule has 0 unspecified atom stereocenters. The van der Waals surface area contributed by atoms with Gasteiger partial charge in [0.25, 0.3) is 0 Å². The van der Waals surface area contributed by atoms with E-state index in [2.05, 4.69) is 26.2 Å². The van der Waals surface area contributed by atoms with Crippen molar-refractivity contribution in [2.24, 2.45) is 0 Å². The Morgan fingerprint density at radius 2 is 1.82 bits per heavy atom. The highest BCUT2D eigenvalue weighted by Crippen LogP contribution is 2.40. The van der Waals surface area contributed by atoms with Crippen LogP contribution < -0.4 is 14.4 Å². The number of rotatable bonds is 6. The van der Waals surface area contributed by atoms with E-state index in [0.717, 1.165) is 10.9 Å². The van der Waals surface area contributed by atoms with Crippen LogP contribution >= 0.6 is 23.2 Å². The fourth-order valence-corrected chi connectivity index (χ4v) is 4.25. The maximum absolute atomic E-state index is 9.56. The van der Waals surface area contributed by atoms with E-state index < -0.39 is 6.10 Å². The van der Waals surface area contributed by atoms with Gasteiger partial charge in [0, 0.05) is 55.3 Å². The normalized spacial score (nSPS) is 11.8. The lowest BCUT2D eigenvalue weighted by atomic mass is 10.1. The van der Waals surface area contributed by atoms with Crippen molar-refractivity contribution in [2.75, 3.05) is 26.1 Å². The summed E-state index contributed by atoms with van der Waals surface area (Å²) in [5.74, 6) is 1.60. The lowest BCUT2D eigenvalue weighted by Crippen LogP contribution is -2.12. The number of nitriles is 1. The van der Waals surface area contributed by atoms with E-state index in [9.17, 15) is 5.26 Å². The van der Waals surface area contributed by atoms with Crippen molar-refractivity contribution in [1.82, 2.24) is 20.2 Å². The molecule has 10 heteroatoms. The first-order valence-corrected chi connectivity index (χ1v) is 10.7. The van der Waals surface area contributed by atoms with Crippen LogP contribution in [0.5, 0.6) is 11.5 Å². The Hall–Kier alpha value is -3.54. The van der Waals surface area contributed by atoms with Crippen molar-refractivity contribution < 1.29 is 9.47 Å². The molecule has 0 aliphatic carbocycles. The summed E-state index contributed by atoms with van der Waals surface area (Å²) in [5.41, 5.74) is 3.17. The van der Waals surface area contributed by atoms with Crippen molar-refractivity contribution in [1.29, 1.82) is 5.26 Å². The molecule has 1 N–H and O–H groups in total. The van der Waals surface area contributed by atoms with Gasteiger partial charge in [0.15, 0.2) is 11.5 Å². The van der Waals surface area contributed by atoms with Crippen molar-refractivity contribution in [3.05, 3.63) is 58.0 Å². The minimum absolute atomic E-state index is 0.412. The Labute approximate surface area is 200 Å². The van der Waals surface area contributed by atoms with Crippen LogP contribution in [-0.4, -0.2) is 41.4 Å². The number of nitrogens with one attached hydrogen (secondary N) is 1. The third kappa shape index (κ3) is 4.25. The van der Waals surface area contributed by atoms with Crippen LogP contribution in [0.15, 0.2) is 36.8 Å². The van der Waals surface area contributed by atoms with E-state index in [1.165, 1.54) is 12.4 Å². The maximum Gasteiger partial charge on any atom is 0.162 e. The van der Waals surface area contributed by atoms with Gasteiger partial charge in [-0.2, -0.15) is 10.4 Å². The molecule has 0 radical (unpaired) electrons. The summed E-state index contributed by atoms with van der Waals surface area (Å²) in [6.07, 6.45) is 4.26. The lowest BCUT2D eigenvalue weighted by molar-refractivity contribution is 0.216. The molecule has 1 atom stereocenters. The quantitative estimate of drug-likeness (QED) is 0.391. The fourth-order valence-electron chi connectivity index (χ4n) is 3.58. The number of hydrogen-bond donors (Lipinski definition) is 1. The van der Waals surface area contributed by atoms with Crippen LogP contribution in [-0.2, 0) is 0 Å². The van der Waals surface area contributed by atoms with Crippen molar-refractivity contribution in [2.45, 2.75) is 13.0 Å². The number of benzene rings is 1. The zero-order valence-corrected chi connectivity index (χ0v) is 19.9. The smallest absolute Gasteiger partial charge is 0.162 e. The second-order valence-electron chi connectivity index (χ2n) is 7.50. The van der Waals surface area contributed by atoms with Crippen LogP contribution in [0.1, 0.15) is 24.2 Å². The average Bonchev–Trinajstić information content (AvgIpc) is 3.20. The minimum atomic E-state index is -0.471. The van der Waals surface area contributed by atoms with Gasteiger partial charge in [-0.25, -0.2) is 4.98 Å². The fraction of sp³-hybridized carbons (Fsp3) is 0.217. The van der Waals surface area contributed by atoms with Crippen LogP contribution in [0.25, 0.3) is 22.2 Å². The molecular weight excluding hydrogens is 463 g/mol. The molecular formula is C23H20Cl2N6O2. The number of aromatic amines is 1. The molecule has 3 heterocycles. The van der Waals surface area contributed by atoms with E-state index in [0.29, 0.717) is 49.7 Å². The van der Waals surface area contributed by atoms with Crippen molar-refractivity contribution in [3.63, 3.8) is 0 Å². The molecule has 3 aromatic heterocycles. The Bertz CT molecular complexity index is 1360. The van der Waals surface area contributed by atoms with Crippen LogP contribution in [0, 0.1) is 11.3 Å². The molecule has 0 spiro atoms. The zero-order valence-electron chi connectivity index (χ0n) is 18.3. The van der Waals surface area contributed by atoms with Crippen LogP contribution in [0.3, 0.4) is 0 Å². The highest BCUT2D eigenvalue weighted by Gasteiger charge is 2.20. The van der Waals surface area contributed by atoms with E-state index in [-0.39, 0.29) is 0 Å². The summed E-state index contributed by atoms with van der Waals surface area (Å²) in [6.45, 7) is 1.84. The van der Waals surface area contributed by atoms with E-state index >= 15 is 0 Å². The molecule has 33 heavy (non-hydrogen) atoms. The summed E-state index contributed by atoms with van der Waals surface area (Å²) < 4.78 is 11.7. The van der Waals surface area contributed by atoms with E-state index in [4.69, 9.17) is 32.7 Å². The van der Waals surface area contributed by atoms with Crippen LogP contribution in [0.4, 0.5) is 5.82 Å². The second kappa shape index (κ2) is 9.14. The number of methoxy groups -OCH3 is 1. The predicted octanol–water partition coefficient (Wildman–Crippen LogP) is 5.41. The van der Waals surface area contributed by atoms with Gasteiger partial charge in [0.05, 0.1) is 28.2 Å². The Balaban J connectivity index is 1.79. The SMILES string of the molecule is COc1cc2[nH]nc(-c3cnc(N(C)C)c(C#N)c3)c2cc1O[C@H](C)c1c(Cl)cncc1Cl. The van der Waals surface area contributed by atoms with E-state index in [1.54, 1.807) is 30.3 Å². The summed E-state index contributed by atoms with van der Waals surface area (Å²) in [5, 5.41) is 18.6. The lowest BCUT2D eigenvalue weighted by Gasteiger charge is -2.19. The largest absolute Gasteiger partial charge is 0.493 e. The van der Waals surface area contributed by atoms with Crippen molar-refractivity contribution in [3.8, 4) is 28.8 Å². The molecule has 0 saturated carbocycles. The topological polar surface area (TPSA) is 100.0 Å². The molecule has 0 amide bonds. The van der Waals surface area contributed by atoms with Gasteiger partial charge in [-0.3, -0.25) is 10.1 Å². The first-order chi connectivity index (χ1) is 15.8. The molecule has 168 valence electrons. The number of fused-ring (bicyclic) bond motifs is 1. The average molecular weight is 483 g/mol. The third-order valence-corrected chi connectivity index (χ3v) is 5.73. The second-order valence-corrected chi connectivity index (χ2v) is 8.31. The monoisotopic (exact) mass is 482 g/mol. The molecule has 8 nitrogen and oxygen atoms in total. The summed E-state index contributed by atoms with van der Waals surface area (Å²) in [4.78, 5) is 10.2. The number of nitrogens with zero attached hydrogens (tertiary/aromatic N) is 5. The van der Waals surface area contributed by atoms with Gasteiger partial charge >= 0.3 is 0 Å². The number of H-pyrrole nitrogens is 1. The predicted molar refractivity (Wildman–Crippen MR) is 128 cm³/mol. The number of aromatic nitrogens is 4. The Kier molecular flexibility index (Phi) is 6.27. The zero-order chi connectivity index (χ0) is 23.7. The summed E-state index contributed by atoms with van der Waals surface area (Å²) in [7, 11) is 5.24. The third-order valence-electron chi connectivity index (χ3n) is 5.13. The highest BCUT2D eigenvalue weighted by atomic mass is 35.5. The number of ether oxygens (including phenoxy) is 2. The van der Waals surface area contributed by atoms with Gasteiger partial charge in [-0.1, -0.05) is 23.2 Å². The number of pyridine rings is 2. The van der Waals surface area contributed by atoms with Gasteiger partial charge in [-0.15, -0.1) is 0 Å². The van der Waals surface area contributed by atoms with Gasteiger partial charge in [0.2, 0.25) is 0 Å². The molecule has 0 saturated heterocycles. The number of hydrogen-bond acceptors (Lipinski definition) is 7. The number of halogens is 2. The molecule has 0 aliphatic heterocycles. The highest BCUT2D eigenvalue weighted by molar-refractivity contribution is 6.35. The standard InChI is InChI=1S/C23H20Cl2N6O2/c1-12(21-16(24)10-27-11-17(21)25)33-20-6-15-18(7-19(20)32-4)29-30-22(15)14-5-13(8-26)23(28-9-14)31(2)3/h5-7,9-12H,1-4H3,(H,29,30)/t12-/m1/s1. The first-order valence-electron chi connectivity index (χ1n) is 9.93. The molecule has 4 rings (SSSR count). The Morgan fingerprint density at radius 1 is 1.09 bits per heavy atom. The first kappa shape index (κ1) is 22.6.